The Morgan fingerprint density at radius 1 is 1.30 bits per heavy atom. The second kappa shape index (κ2) is 6.04. The molecule has 2 aromatic rings. The van der Waals surface area contributed by atoms with Gasteiger partial charge < -0.3 is 15.0 Å². The summed E-state index contributed by atoms with van der Waals surface area (Å²) in [5.41, 5.74) is 1.31. The Morgan fingerprint density at radius 2 is 2.22 bits per heavy atom. The van der Waals surface area contributed by atoms with Crippen LogP contribution in [0.1, 0.15) is 29.4 Å². The third-order valence-electron chi connectivity index (χ3n) is 4.45. The minimum absolute atomic E-state index is 0.0664. The summed E-state index contributed by atoms with van der Waals surface area (Å²) in [4.78, 5) is 14.6. The number of benzene rings is 1. The minimum atomic E-state index is -0.0664. The van der Waals surface area contributed by atoms with Gasteiger partial charge in [0.1, 0.15) is 12.4 Å². The third kappa shape index (κ3) is 2.70. The fourth-order valence-electron chi connectivity index (χ4n) is 3.23. The first-order valence-corrected chi connectivity index (χ1v) is 8.12. The molecule has 1 saturated heterocycles. The van der Waals surface area contributed by atoms with E-state index in [0.29, 0.717) is 24.9 Å². The summed E-state index contributed by atoms with van der Waals surface area (Å²) in [5.74, 6) is 0.686. The van der Waals surface area contributed by atoms with Gasteiger partial charge in [-0.15, -0.1) is 0 Å². The monoisotopic (exact) mass is 312 g/mol. The number of carbonyl (C=O) groups excluding carboxylic acids is 1. The average Bonchev–Trinajstić information content (AvgIpc) is 3.11. The number of fused-ring (bicyclic) bond motifs is 1. The molecule has 1 aromatic carbocycles. The van der Waals surface area contributed by atoms with Crippen LogP contribution in [-0.2, 0) is 0 Å². The lowest BCUT2D eigenvalue weighted by molar-refractivity contribution is 0.0970. The topological polar surface area (TPSA) is 59.4 Å². The highest BCUT2D eigenvalue weighted by molar-refractivity contribution is 6.05. The van der Waals surface area contributed by atoms with Crippen LogP contribution in [0.2, 0.25) is 0 Å². The second-order valence-corrected chi connectivity index (χ2v) is 5.95. The Bertz CT molecular complexity index is 706. The Morgan fingerprint density at radius 3 is 3.09 bits per heavy atom. The first-order valence-electron chi connectivity index (χ1n) is 8.12. The van der Waals surface area contributed by atoms with Crippen molar-refractivity contribution in [3.05, 3.63) is 42.2 Å². The standard InChI is InChI=1S/C17H20N4O2/c22-17(20-10-11-23-16-6-2-1-5-15(16)20)14-7-9-21(19-14)13-4-3-8-18-12-13/h1-2,5-7,9,13,18H,3-4,8,10-12H2. The molecular formula is C17H20N4O2. The highest BCUT2D eigenvalue weighted by atomic mass is 16.5. The summed E-state index contributed by atoms with van der Waals surface area (Å²) in [6.45, 7) is 3.04. The van der Waals surface area contributed by atoms with Gasteiger partial charge >= 0.3 is 0 Å². The summed E-state index contributed by atoms with van der Waals surface area (Å²) < 4.78 is 7.53. The van der Waals surface area contributed by atoms with Crippen LogP contribution in [0.15, 0.2) is 36.5 Å². The maximum Gasteiger partial charge on any atom is 0.278 e. The number of ether oxygens (including phenoxy) is 1. The molecular weight excluding hydrogens is 292 g/mol. The van der Waals surface area contributed by atoms with E-state index in [9.17, 15) is 4.79 Å². The van der Waals surface area contributed by atoms with Crippen LogP contribution in [0.4, 0.5) is 5.69 Å². The zero-order valence-corrected chi connectivity index (χ0v) is 12.9. The molecule has 1 N–H and O–H groups in total. The van der Waals surface area contributed by atoms with Gasteiger partial charge in [-0.3, -0.25) is 9.48 Å². The summed E-state index contributed by atoms with van der Waals surface area (Å²) in [7, 11) is 0. The maximum atomic E-state index is 12.8. The molecule has 1 fully saturated rings. The highest BCUT2D eigenvalue weighted by Gasteiger charge is 2.26. The van der Waals surface area contributed by atoms with Crippen LogP contribution >= 0.6 is 0 Å². The van der Waals surface area contributed by atoms with Crippen molar-refractivity contribution in [3.8, 4) is 5.75 Å². The van der Waals surface area contributed by atoms with E-state index < -0.39 is 0 Å². The van der Waals surface area contributed by atoms with Crippen molar-refractivity contribution in [1.29, 1.82) is 0 Å². The molecule has 6 nitrogen and oxygen atoms in total. The number of rotatable bonds is 2. The molecule has 0 aliphatic carbocycles. The Balaban J connectivity index is 1.57. The molecule has 23 heavy (non-hydrogen) atoms. The summed E-state index contributed by atoms with van der Waals surface area (Å²) in [5, 5.41) is 7.90. The molecule has 0 saturated carbocycles. The van der Waals surface area contributed by atoms with E-state index in [1.807, 2.05) is 41.2 Å². The fraction of sp³-hybridized carbons (Fsp3) is 0.412. The SMILES string of the molecule is O=C(c1ccn(C2CCCNC2)n1)N1CCOc2ccccc21. The number of hydrogen-bond donors (Lipinski definition) is 1. The van der Waals surface area contributed by atoms with Gasteiger partial charge in [-0.2, -0.15) is 5.10 Å². The van der Waals surface area contributed by atoms with Crippen molar-refractivity contribution in [2.45, 2.75) is 18.9 Å². The van der Waals surface area contributed by atoms with Crippen LogP contribution in [0.3, 0.4) is 0 Å². The van der Waals surface area contributed by atoms with Gasteiger partial charge in [0.2, 0.25) is 0 Å². The smallest absolute Gasteiger partial charge is 0.278 e. The molecule has 1 amide bonds. The molecule has 0 radical (unpaired) electrons. The predicted octanol–water partition coefficient (Wildman–Crippen LogP) is 1.85. The molecule has 120 valence electrons. The number of nitrogens with one attached hydrogen (secondary N) is 1. The van der Waals surface area contributed by atoms with E-state index in [-0.39, 0.29) is 5.91 Å². The van der Waals surface area contributed by atoms with E-state index in [4.69, 9.17) is 4.74 Å². The van der Waals surface area contributed by atoms with Crippen LogP contribution < -0.4 is 15.0 Å². The van der Waals surface area contributed by atoms with Crippen molar-refractivity contribution >= 4 is 11.6 Å². The molecule has 1 unspecified atom stereocenters. The van der Waals surface area contributed by atoms with E-state index in [0.717, 1.165) is 37.4 Å². The van der Waals surface area contributed by atoms with Gasteiger partial charge in [0.05, 0.1) is 18.3 Å². The van der Waals surface area contributed by atoms with E-state index >= 15 is 0 Å². The lowest BCUT2D eigenvalue weighted by Crippen LogP contribution is -2.38. The fourth-order valence-corrected chi connectivity index (χ4v) is 3.23. The zero-order chi connectivity index (χ0) is 15.6. The van der Waals surface area contributed by atoms with Gasteiger partial charge in [-0.25, -0.2) is 0 Å². The Kier molecular flexibility index (Phi) is 3.75. The quantitative estimate of drug-likeness (QED) is 0.919. The van der Waals surface area contributed by atoms with E-state index in [1.54, 1.807) is 4.90 Å². The van der Waals surface area contributed by atoms with Crippen molar-refractivity contribution < 1.29 is 9.53 Å². The number of amides is 1. The van der Waals surface area contributed by atoms with Crippen LogP contribution in [0, 0.1) is 0 Å². The number of piperidine rings is 1. The molecule has 2 aliphatic heterocycles. The largest absolute Gasteiger partial charge is 0.490 e. The van der Waals surface area contributed by atoms with Crippen LogP contribution in [-0.4, -0.2) is 41.9 Å². The van der Waals surface area contributed by atoms with Gasteiger partial charge in [-0.05, 0) is 37.6 Å². The van der Waals surface area contributed by atoms with Crippen molar-refractivity contribution in [3.63, 3.8) is 0 Å². The summed E-state index contributed by atoms with van der Waals surface area (Å²) in [6, 6.07) is 9.78. The third-order valence-corrected chi connectivity index (χ3v) is 4.45. The normalized spacial score (nSPS) is 20.7. The van der Waals surface area contributed by atoms with E-state index in [1.165, 1.54) is 0 Å². The lowest BCUT2D eigenvalue weighted by atomic mass is 10.1. The maximum absolute atomic E-state index is 12.8. The Hall–Kier alpha value is -2.34. The molecule has 3 heterocycles. The van der Waals surface area contributed by atoms with Gasteiger partial charge in [0.15, 0.2) is 5.69 Å². The van der Waals surface area contributed by atoms with Gasteiger partial charge in [-0.1, -0.05) is 12.1 Å². The summed E-state index contributed by atoms with van der Waals surface area (Å²) in [6.07, 6.45) is 4.16. The number of hydrogen-bond acceptors (Lipinski definition) is 4. The zero-order valence-electron chi connectivity index (χ0n) is 12.9. The molecule has 1 atom stereocenters. The number of anilines is 1. The van der Waals surface area contributed by atoms with Gasteiger partial charge in [0, 0.05) is 12.7 Å². The molecule has 4 rings (SSSR count). The number of para-hydroxylation sites is 2. The number of aromatic nitrogens is 2. The lowest BCUT2D eigenvalue weighted by Gasteiger charge is -2.29. The second-order valence-electron chi connectivity index (χ2n) is 5.95. The predicted molar refractivity (Wildman–Crippen MR) is 87.0 cm³/mol. The Labute approximate surface area is 135 Å². The molecule has 0 spiro atoms. The molecule has 6 heteroatoms. The van der Waals surface area contributed by atoms with Crippen molar-refractivity contribution in [2.75, 3.05) is 31.1 Å². The first kappa shape index (κ1) is 14.3. The molecule has 1 aromatic heterocycles. The van der Waals surface area contributed by atoms with Crippen LogP contribution in [0.25, 0.3) is 0 Å². The number of carbonyl (C=O) groups is 1. The summed E-state index contributed by atoms with van der Waals surface area (Å²) >= 11 is 0. The van der Waals surface area contributed by atoms with Gasteiger partial charge in [0.25, 0.3) is 5.91 Å². The average molecular weight is 312 g/mol. The molecule has 0 bridgehead atoms. The van der Waals surface area contributed by atoms with Crippen molar-refractivity contribution in [1.82, 2.24) is 15.1 Å². The van der Waals surface area contributed by atoms with E-state index in [2.05, 4.69) is 10.4 Å². The highest BCUT2D eigenvalue weighted by Crippen LogP contribution is 2.31. The van der Waals surface area contributed by atoms with Crippen LogP contribution in [0.5, 0.6) is 5.75 Å². The molecule has 2 aliphatic rings. The minimum Gasteiger partial charge on any atom is -0.490 e. The van der Waals surface area contributed by atoms with Crippen molar-refractivity contribution in [2.24, 2.45) is 0 Å². The number of nitrogens with zero attached hydrogens (tertiary/aromatic N) is 3. The first-order chi connectivity index (χ1) is 11.3.